The van der Waals surface area contributed by atoms with Gasteiger partial charge in [-0.3, -0.25) is 4.68 Å². The molecule has 2 aromatic rings. The molecule has 1 heterocycles. The number of aliphatic hydroxyl groups is 1. The molecule has 1 aliphatic carbocycles. The third-order valence-corrected chi connectivity index (χ3v) is 4.22. The first-order chi connectivity index (χ1) is 9.81. The number of rotatable bonds is 5. The van der Waals surface area contributed by atoms with Crippen LogP contribution in [-0.2, 0) is 6.54 Å². The molecule has 0 radical (unpaired) electrons. The quantitative estimate of drug-likeness (QED) is 0.903. The minimum absolute atomic E-state index is 0.276. The van der Waals surface area contributed by atoms with E-state index in [1.807, 2.05) is 35.3 Å². The molecule has 0 aliphatic heterocycles. The highest BCUT2D eigenvalue weighted by atomic mass is 16.3. The molecule has 3 rings (SSSR count). The van der Waals surface area contributed by atoms with Crippen molar-refractivity contribution in [2.45, 2.75) is 44.8 Å². The second kappa shape index (κ2) is 6.23. The van der Waals surface area contributed by atoms with Crippen molar-refractivity contribution in [3.63, 3.8) is 0 Å². The molecule has 3 heteroatoms. The fourth-order valence-corrected chi connectivity index (χ4v) is 3.16. The van der Waals surface area contributed by atoms with E-state index in [9.17, 15) is 5.11 Å². The summed E-state index contributed by atoms with van der Waals surface area (Å²) >= 11 is 0. The Morgan fingerprint density at radius 2 is 1.90 bits per heavy atom. The number of benzene rings is 1. The molecule has 3 nitrogen and oxygen atoms in total. The molecule has 0 amide bonds. The SMILES string of the molecule is OC(CC1CCCC1)Cn1cc(-c2ccccc2)cn1. The lowest BCUT2D eigenvalue weighted by molar-refractivity contribution is 0.120. The van der Waals surface area contributed by atoms with Gasteiger partial charge in [0.2, 0.25) is 0 Å². The maximum absolute atomic E-state index is 10.2. The number of aliphatic hydroxyl groups excluding tert-OH is 1. The minimum atomic E-state index is -0.276. The molecule has 1 fully saturated rings. The third-order valence-electron chi connectivity index (χ3n) is 4.22. The van der Waals surface area contributed by atoms with Crippen LogP contribution in [0.3, 0.4) is 0 Å². The second-order valence-electron chi connectivity index (χ2n) is 5.86. The van der Waals surface area contributed by atoms with E-state index in [1.54, 1.807) is 0 Å². The molecule has 1 aromatic carbocycles. The number of aromatic nitrogens is 2. The first kappa shape index (κ1) is 13.4. The van der Waals surface area contributed by atoms with Gasteiger partial charge in [-0.05, 0) is 17.9 Å². The highest BCUT2D eigenvalue weighted by molar-refractivity contribution is 5.61. The Morgan fingerprint density at radius 1 is 1.15 bits per heavy atom. The van der Waals surface area contributed by atoms with Crippen LogP contribution in [-0.4, -0.2) is 21.0 Å². The molecule has 0 bridgehead atoms. The van der Waals surface area contributed by atoms with Crippen LogP contribution in [0.25, 0.3) is 11.1 Å². The van der Waals surface area contributed by atoms with Crippen molar-refractivity contribution in [1.29, 1.82) is 0 Å². The number of hydrogen-bond acceptors (Lipinski definition) is 2. The van der Waals surface area contributed by atoms with E-state index in [0.29, 0.717) is 12.5 Å². The lowest BCUT2D eigenvalue weighted by atomic mass is 10.0. The van der Waals surface area contributed by atoms with Gasteiger partial charge in [0.25, 0.3) is 0 Å². The van der Waals surface area contributed by atoms with Gasteiger partial charge in [0.05, 0.1) is 18.8 Å². The standard InChI is InChI=1S/C17H22N2O/c20-17(10-14-6-4-5-7-14)13-19-12-16(11-18-19)15-8-2-1-3-9-15/h1-3,8-9,11-12,14,17,20H,4-7,10,13H2. The van der Waals surface area contributed by atoms with E-state index in [-0.39, 0.29) is 6.10 Å². The van der Waals surface area contributed by atoms with E-state index >= 15 is 0 Å². The van der Waals surface area contributed by atoms with Crippen LogP contribution >= 0.6 is 0 Å². The Balaban J connectivity index is 1.59. The molecule has 1 aromatic heterocycles. The van der Waals surface area contributed by atoms with Gasteiger partial charge in [-0.1, -0.05) is 56.0 Å². The van der Waals surface area contributed by atoms with E-state index in [0.717, 1.165) is 12.0 Å². The zero-order chi connectivity index (χ0) is 13.8. The van der Waals surface area contributed by atoms with Crippen LogP contribution < -0.4 is 0 Å². The lowest BCUT2D eigenvalue weighted by Crippen LogP contribution is -2.19. The number of nitrogens with zero attached hydrogens (tertiary/aromatic N) is 2. The maximum atomic E-state index is 10.2. The van der Waals surface area contributed by atoms with Crippen molar-refractivity contribution in [3.8, 4) is 11.1 Å². The van der Waals surface area contributed by atoms with Crippen molar-refractivity contribution >= 4 is 0 Å². The van der Waals surface area contributed by atoms with Gasteiger partial charge >= 0.3 is 0 Å². The summed E-state index contributed by atoms with van der Waals surface area (Å²) < 4.78 is 1.86. The Labute approximate surface area is 120 Å². The van der Waals surface area contributed by atoms with Crippen LogP contribution in [0.1, 0.15) is 32.1 Å². The molecule has 1 atom stereocenters. The molecule has 1 aliphatic rings. The van der Waals surface area contributed by atoms with Gasteiger partial charge in [0.15, 0.2) is 0 Å². The molecular weight excluding hydrogens is 248 g/mol. The van der Waals surface area contributed by atoms with Crippen molar-refractivity contribution in [3.05, 3.63) is 42.7 Å². The van der Waals surface area contributed by atoms with Crippen LogP contribution in [0.5, 0.6) is 0 Å². The van der Waals surface area contributed by atoms with E-state index in [1.165, 1.54) is 31.2 Å². The Kier molecular flexibility index (Phi) is 4.16. The molecule has 20 heavy (non-hydrogen) atoms. The van der Waals surface area contributed by atoms with Crippen molar-refractivity contribution < 1.29 is 5.11 Å². The average molecular weight is 270 g/mol. The summed E-state index contributed by atoms with van der Waals surface area (Å²) in [7, 11) is 0. The molecular formula is C17H22N2O. The first-order valence-corrected chi connectivity index (χ1v) is 7.57. The van der Waals surface area contributed by atoms with Gasteiger partial charge < -0.3 is 5.11 Å². The summed E-state index contributed by atoms with van der Waals surface area (Å²) in [6.07, 6.45) is 9.76. The van der Waals surface area contributed by atoms with Gasteiger partial charge in [-0.25, -0.2) is 0 Å². The summed E-state index contributed by atoms with van der Waals surface area (Å²) in [6, 6.07) is 10.2. The normalized spacial score (nSPS) is 17.4. The molecule has 0 saturated heterocycles. The van der Waals surface area contributed by atoms with Gasteiger partial charge in [-0.2, -0.15) is 5.10 Å². The van der Waals surface area contributed by atoms with Crippen molar-refractivity contribution in [2.75, 3.05) is 0 Å². The minimum Gasteiger partial charge on any atom is -0.391 e. The predicted octanol–water partition coefficient (Wildman–Crippen LogP) is 3.49. The first-order valence-electron chi connectivity index (χ1n) is 7.57. The van der Waals surface area contributed by atoms with Crippen LogP contribution in [0.15, 0.2) is 42.7 Å². The van der Waals surface area contributed by atoms with E-state index in [4.69, 9.17) is 0 Å². The summed E-state index contributed by atoms with van der Waals surface area (Å²) in [5, 5.41) is 14.5. The fraction of sp³-hybridized carbons (Fsp3) is 0.471. The smallest absolute Gasteiger partial charge is 0.0738 e. The molecule has 0 spiro atoms. The highest BCUT2D eigenvalue weighted by Gasteiger charge is 2.19. The molecule has 106 valence electrons. The zero-order valence-corrected chi connectivity index (χ0v) is 11.8. The summed E-state index contributed by atoms with van der Waals surface area (Å²) in [4.78, 5) is 0. The topological polar surface area (TPSA) is 38.0 Å². The van der Waals surface area contributed by atoms with Gasteiger partial charge in [-0.15, -0.1) is 0 Å². The highest BCUT2D eigenvalue weighted by Crippen LogP contribution is 2.29. The maximum Gasteiger partial charge on any atom is 0.0738 e. The fourth-order valence-electron chi connectivity index (χ4n) is 3.16. The third kappa shape index (κ3) is 3.28. The van der Waals surface area contributed by atoms with Crippen LogP contribution in [0, 0.1) is 5.92 Å². The largest absolute Gasteiger partial charge is 0.391 e. The predicted molar refractivity (Wildman–Crippen MR) is 80.2 cm³/mol. The van der Waals surface area contributed by atoms with Crippen LogP contribution in [0.4, 0.5) is 0 Å². The Hall–Kier alpha value is -1.61. The number of hydrogen-bond donors (Lipinski definition) is 1. The zero-order valence-electron chi connectivity index (χ0n) is 11.8. The summed E-state index contributed by atoms with van der Waals surface area (Å²) in [5.74, 6) is 0.717. The van der Waals surface area contributed by atoms with Crippen molar-refractivity contribution in [2.24, 2.45) is 5.92 Å². The van der Waals surface area contributed by atoms with Gasteiger partial charge in [0.1, 0.15) is 0 Å². The monoisotopic (exact) mass is 270 g/mol. The molecule has 1 N–H and O–H groups in total. The lowest BCUT2D eigenvalue weighted by Gasteiger charge is -2.15. The Bertz CT molecular complexity index is 529. The van der Waals surface area contributed by atoms with Crippen LogP contribution in [0.2, 0.25) is 0 Å². The average Bonchev–Trinajstić information content (AvgIpc) is 3.11. The van der Waals surface area contributed by atoms with E-state index in [2.05, 4.69) is 17.2 Å². The molecule has 1 unspecified atom stereocenters. The summed E-state index contributed by atoms with van der Waals surface area (Å²) in [5.41, 5.74) is 2.28. The van der Waals surface area contributed by atoms with Crippen molar-refractivity contribution in [1.82, 2.24) is 9.78 Å². The second-order valence-corrected chi connectivity index (χ2v) is 5.86. The van der Waals surface area contributed by atoms with Gasteiger partial charge in [0, 0.05) is 11.8 Å². The summed E-state index contributed by atoms with van der Waals surface area (Å²) in [6.45, 7) is 0.601. The Morgan fingerprint density at radius 3 is 2.65 bits per heavy atom. The molecule has 1 saturated carbocycles. The van der Waals surface area contributed by atoms with E-state index < -0.39 is 0 Å².